The number of carboxylic acids is 1. The van der Waals surface area contributed by atoms with Gasteiger partial charge in [0.15, 0.2) is 5.78 Å². The first kappa shape index (κ1) is 14.8. The number of ketones is 1. The molecule has 2 aromatic rings. The van der Waals surface area contributed by atoms with E-state index in [2.05, 4.69) is 0 Å². The molecule has 0 radical (unpaired) electrons. The van der Waals surface area contributed by atoms with Gasteiger partial charge in [0.1, 0.15) is 11.3 Å². The van der Waals surface area contributed by atoms with E-state index in [0.29, 0.717) is 30.8 Å². The monoisotopic (exact) mass is 284 g/mol. The summed E-state index contributed by atoms with van der Waals surface area (Å²) in [6.45, 7) is 0.308. The van der Waals surface area contributed by atoms with Gasteiger partial charge in [0.05, 0.1) is 6.61 Å². The van der Waals surface area contributed by atoms with Crippen molar-refractivity contribution in [1.29, 1.82) is 0 Å². The second kappa shape index (κ2) is 7.24. The van der Waals surface area contributed by atoms with Gasteiger partial charge in [-0.2, -0.15) is 0 Å². The van der Waals surface area contributed by atoms with Crippen molar-refractivity contribution in [3.05, 3.63) is 65.7 Å². The van der Waals surface area contributed by atoms with Gasteiger partial charge in [0, 0.05) is 12.0 Å². The molecule has 0 saturated carbocycles. The van der Waals surface area contributed by atoms with E-state index < -0.39 is 5.97 Å². The minimum Gasteiger partial charge on any atom is -0.493 e. The van der Waals surface area contributed by atoms with Crippen LogP contribution < -0.4 is 4.74 Å². The standard InChI is InChI=1S/C17H16O4/c18-15(13-7-2-1-3-8-13)10-6-12-21-16-11-5-4-9-14(16)17(19)20/h1-5,7-9,11H,6,10,12H2,(H,19,20). The summed E-state index contributed by atoms with van der Waals surface area (Å²) in [5, 5.41) is 9.02. The van der Waals surface area contributed by atoms with E-state index in [4.69, 9.17) is 9.84 Å². The maximum absolute atomic E-state index is 11.9. The van der Waals surface area contributed by atoms with E-state index in [1.807, 2.05) is 18.2 Å². The van der Waals surface area contributed by atoms with Crippen molar-refractivity contribution in [3.8, 4) is 5.75 Å². The number of carbonyl (C=O) groups excluding carboxylic acids is 1. The Morgan fingerprint density at radius 2 is 1.62 bits per heavy atom. The van der Waals surface area contributed by atoms with Gasteiger partial charge in [-0.25, -0.2) is 4.79 Å². The first-order chi connectivity index (χ1) is 10.2. The van der Waals surface area contributed by atoms with E-state index in [1.54, 1.807) is 30.3 Å². The quantitative estimate of drug-likeness (QED) is 0.625. The molecular weight excluding hydrogens is 268 g/mol. The van der Waals surface area contributed by atoms with E-state index >= 15 is 0 Å². The summed E-state index contributed by atoms with van der Waals surface area (Å²) < 4.78 is 5.45. The Hall–Kier alpha value is -2.62. The molecule has 0 saturated heterocycles. The average Bonchev–Trinajstić information content (AvgIpc) is 2.52. The van der Waals surface area contributed by atoms with Crippen molar-refractivity contribution in [2.24, 2.45) is 0 Å². The van der Waals surface area contributed by atoms with Gasteiger partial charge in [-0.15, -0.1) is 0 Å². The lowest BCUT2D eigenvalue weighted by molar-refractivity contribution is 0.0691. The van der Waals surface area contributed by atoms with Gasteiger partial charge in [-0.05, 0) is 18.6 Å². The van der Waals surface area contributed by atoms with Crippen molar-refractivity contribution < 1.29 is 19.4 Å². The Morgan fingerprint density at radius 3 is 2.33 bits per heavy atom. The topological polar surface area (TPSA) is 63.6 Å². The summed E-state index contributed by atoms with van der Waals surface area (Å²) >= 11 is 0. The van der Waals surface area contributed by atoms with Crippen molar-refractivity contribution in [2.45, 2.75) is 12.8 Å². The molecule has 4 nitrogen and oxygen atoms in total. The van der Waals surface area contributed by atoms with Crippen LogP contribution >= 0.6 is 0 Å². The highest BCUT2D eigenvalue weighted by Crippen LogP contribution is 2.18. The number of hydrogen-bond donors (Lipinski definition) is 1. The third-order valence-electron chi connectivity index (χ3n) is 3.02. The molecule has 0 aliphatic rings. The summed E-state index contributed by atoms with van der Waals surface area (Å²) in [5.41, 5.74) is 0.815. The fraction of sp³-hybridized carbons (Fsp3) is 0.176. The summed E-state index contributed by atoms with van der Waals surface area (Å²) in [5.74, 6) is -0.631. The molecule has 0 amide bonds. The summed E-state index contributed by atoms with van der Waals surface area (Å²) in [6.07, 6.45) is 0.918. The van der Waals surface area contributed by atoms with Crippen molar-refractivity contribution >= 4 is 11.8 Å². The van der Waals surface area contributed by atoms with Crippen LogP contribution in [0.15, 0.2) is 54.6 Å². The molecular formula is C17H16O4. The zero-order valence-corrected chi connectivity index (χ0v) is 11.5. The van der Waals surface area contributed by atoms with Crippen LogP contribution in [0.4, 0.5) is 0 Å². The minimum atomic E-state index is -1.02. The molecule has 21 heavy (non-hydrogen) atoms. The third kappa shape index (κ3) is 4.18. The zero-order chi connectivity index (χ0) is 15.1. The third-order valence-corrected chi connectivity index (χ3v) is 3.02. The number of carboxylic acid groups (broad SMARTS) is 1. The van der Waals surface area contributed by atoms with Crippen LogP contribution in [-0.2, 0) is 0 Å². The van der Waals surface area contributed by atoms with Gasteiger partial charge < -0.3 is 9.84 Å². The number of rotatable bonds is 7. The largest absolute Gasteiger partial charge is 0.493 e. The maximum Gasteiger partial charge on any atom is 0.339 e. The Labute approximate surface area is 123 Å². The maximum atomic E-state index is 11.9. The predicted octanol–water partition coefficient (Wildman–Crippen LogP) is 3.43. The zero-order valence-electron chi connectivity index (χ0n) is 11.5. The van der Waals surface area contributed by atoms with Crippen molar-refractivity contribution in [1.82, 2.24) is 0 Å². The van der Waals surface area contributed by atoms with Crippen LogP contribution in [0, 0.1) is 0 Å². The molecule has 0 atom stereocenters. The van der Waals surface area contributed by atoms with Gasteiger partial charge in [-0.3, -0.25) is 4.79 Å². The molecule has 4 heteroatoms. The highest BCUT2D eigenvalue weighted by atomic mass is 16.5. The Kier molecular flexibility index (Phi) is 5.10. The lowest BCUT2D eigenvalue weighted by Crippen LogP contribution is -2.06. The molecule has 0 aliphatic carbocycles. The second-order valence-electron chi connectivity index (χ2n) is 4.54. The van der Waals surface area contributed by atoms with Gasteiger partial charge in [-0.1, -0.05) is 42.5 Å². The smallest absolute Gasteiger partial charge is 0.339 e. The van der Waals surface area contributed by atoms with Crippen LogP contribution in [0.25, 0.3) is 0 Å². The Morgan fingerprint density at radius 1 is 0.952 bits per heavy atom. The van der Waals surface area contributed by atoms with Gasteiger partial charge in [0.25, 0.3) is 0 Å². The first-order valence-electron chi connectivity index (χ1n) is 6.72. The molecule has 108 valence electrons. The lowest BCUT2D eigenvalue weighted by atomic mass is 10.1. The SMILES string of the molecule is O=C(CCCOc1ccccc1C(=O)O)c1ccccc1. The first-order valence-corrected chi connectivity index (χ1v) is 6.72. The molecule has 2 aromatic carbocycles. The predicted molar refractivity (Wildman–Crippen MR) is 78.9 cm³/mol. The number of ether oxygens (including phenoxy) is 1. The molecule has 0 aromatic heterocycles. The van der Waals surface area contributed by atoms with Crippen LogP contribution in [0.5, 0.6) is 5.75 Å². The van der Waals surface area contributed by atoms with Crippen molar-refractivity contribution in [2.75, 3.05) is 6.61 Å². The molecule has 0 bridgehead atoms. The van der Waals surface area contributed by atoms with Crippen molar-refractivity contribution in [3.63, 3.8) is 0 Å². The van der Waals surface area contributed by atoms with E-state index in [0.717, 1.165) is 0 Å². The molecule has 0 spiro atoms. The number of carbonyl (C=O) groups is 2. The number of benzene rings is 2. The van der Waals surface area contributed by atoms with Crippen LogP contribution in [-0.4, -0.2) is 23.5 Å². The number of para-hydroxylation sites is 1. The normalized spacial score (nSPS) is 10.1. The van der Waals surface area contributed by atoms with Gasteiger partial charge >= 0.3 is 5.97 Å². The highest BCUT2D eigenvalue weighted by Gasteiger charge is 2.10. The van der Waals surface area contributed by atoms with Gasteiger partial charge in [0.2, 0.25) is 0 Å². The fourth-order valence-electron chi connectivity index (χ4n) is 1.95. The van der Waals surface area contributed by atoms with E-state index in [-0.39, 0.29) is 11.3 Å². The fourth-order valence-corrected chi connectivity index (χ4v) is 1.95. The lowest BCUT2D eigenvalue weighted by Gasteiger charge is -2.08. The summed E-state index contributed by atoms with van der Waals surface area (Å²) in [7, 11) is 0. The summed E-state index contributed by atoms with van der Waals surface area (Å²) in [6, 6.07) is 15.6. The molecule has 0 aliphatic heterocycles. The minimum absolute atomic E-state index is 0.0609. The molecule has 0 unspecified atom stereocenters. The van der Waals surface area contributed by atoms with E-state index in [9.17, 15) is 9.59 Å². The van der Waals surface area contributed by atoms with Crippen LogP contribution in [0.2, 0.25) is 0 Å². The number of aromatic carboxylic acids is 1. The summed E-state index contributed by atoms with van der Waals surface area (Å²) in [4.78, 5) is 22.9. The Balaban J connectivity index is 1.83. The Bertz CT molecular complexity index is 620. The molecule has 0 fully saturated rings. The number of hydrogen-bond acceptors (Lipinski definition) is 3. The molecule has 1 N–H and O–H groups in total. The molecule has 2 rings (SSSR count). The van der Waals surface area contributed by atoms with Crippen LogP contribution in [0.3, 0.4) is 0 Å². The number of Topliss-reactive ketones (excluding diaryl/α,β-unsaturated/α-hetero) is 1. The van der Waals surface area contributed by atoms with E-state index in [1.165, 1.54) is 6.07 Å². The van der Waals surface area contributed by atoms with Crippen LogP contribution in [0.1, 0.15) is 33.6 Å². The highest BCUT2D eigenvalue weighted by molar-refractivity contribution is 5.96. The average molecular weight is 284 g/mol. The molecule has 0 heterocycles. The second-order valence-corrected chi connectivity index (χ2v) is 4.54.